The van der Waals surface area contributed by atoms with Crippen LogP contribution in [-0.2, 0) is 26.9 Å². The lowest BCUT2D eigenvalue weighted by atomic mass is 10.2. The van der Waals surface area contributed by atoms with E-state index in [-0.39, 0.29) is 0 Å². The molecule has 3 aromatic heterocycles. The van der Waals surface area contributed by atoms with Crippen molar-refractivity contribution in [2.75, 3.05) is 0 Å². The molecule has 0 saturated carbocycles. The van der Waals surface area contributed by atoms with Crippen molar-refractivity contribution in [3.63, 3.8) is 0 Å². The van der Waals surface area contributed by atoms with Gasteiger partial charge in [-0.2, -0.15) is 10.2 Å². The first-order chi connectivity index (χ1) is 11.2. The predicted molar refractivity (Wildman–Crippen MR) is 88.4 cm³/mol. The van der Waals surface area contributed by atoms with E-state index >= 15 is 0 Å². The second kappa shape index (κ2) is 5.46. The molecule has 4 rings (SSSR count). The summed E-state index contributed by atoms with van der Waals surface area (Å²) in [6, 6.07) is 1.90. The first-order valence-electron chi connectivity index (χ1n) is 7.75. The van der Waals surface area contributed by atoms with Gasteiger partial charge in [-0.1, -0.05) is 0 Å². The molecule has 0 saturated heterocycles. The van der Waals surface area contributed by atoms with Gasteiger partial charge in [-0.15, -0.1) is 0 Å². The Kier molecular flexibility index (Phi) is 3.29. The van der Waals surface area contributed by atoms with Crippen molar-refractivity contribution in [3.8, 4) is 11.3 Å². The van der Waals surface area contributed by atoms with Crippen LogP contribution in [0.1, 0.15) is 29.2 Å². The molecule has 0 amide bonds. The zero-order valence-electron chi connectivity index (χ0n) is 13.3. The number of aromatic nitrogens is 6. The Hall–Kier alpha value is -2.76. The molecule has 0 radical (unpaired) electrons. The highest BCUT2D eigenvalue weighted by molar-refractivity contribution is 5.68. The van der Waals surface area contributed by atoms with E-state index in [0.717, 1.165) is 29.8 Å². The number of rotatable bonds is 3. The average molecular weight is 306 g/mol. The van der Waals surface area contributed by atoms with Crippen molar-refractivity contribution >= 4 is 12.2 Å². The molecule has 3 heterocycles. The number of fused-ring (bicyclic) bond motifs is 1. The minimum atomic E-state index is 0.694. The molecule has 1 aliphatic carbocycles. The molecule has 1 aliphatic rings. The maximum atomic E-state index is 4.60. The summed E-state index contributed by atoms with van der Waals surface area (Å²) in [7, 11) is 3.89. The van der Waals surface area contributed by atoms with E-state index in [0.29, 0.717) is 5.82 Å². The molecule has 6 nitrogen and oxygen atoms in total. The van der Waals surface area contributed by atoms with Gasteiger partial charge in [-0.3, -0.25) is 9.36 Å². The molecule has 116 valence electrons. The Balaban J connectivity index is 1.65. The summed E-state index contributed by atoms with van der Waals surface area (Å²) in [4.78, 5) is 8.94. The third kappa shape index (κ3) is 2.56. The van der Waals surface area contributed by atoms with Crippen LogP contribution in [-0.4, -0.2) is 29.5 Å². The largest absolute Gasteiger partial charge is 0.275 e. The molecule has 0 atom stereocenters. The van der Waals surface area contributed by atoms with Gasteiger partial charge in [0, 0.05) is 37.6 Å². The summed E-state index contributed by atoms with van der Waals surface area (Å²) >= 11 is 0. The van der Waals surface area contributed by atoms with Gasteiger partial charge in [0.05, 0.1) is 23.3 Å². The summed E-state index contributed by atoms with van der Waals surface area (Å²) in [5.41, 5.74) is 5.63. The second-order valence-electron chi connectivity index (χ2n) is 5.82. The summed E-state index contributed by atoms with van der Waals surface area (Å²) in [6.45, 7) is 0. The molecule has 0 bridgehead atoms. The van der Waals surface area contributed by atoms with Crippen molar-refractivity contribution in [2.24, 2.45) is 14.1 Å². The van der Waals surface area contributed by atoms with Gasteiger partial charge in [-0.25, -0.2) is 9.97 Å². The van der Waals surface area contributed by atoms with Gasteiger partial charge in [0.15, 0.2) is 5.82 Å². The van der Waals surface area contributed by atoms with Gasteiger partial charge >= 0.3 is 0 Å². The average Bonchev–Trinajstić information content (AvgIpc) is 3.23. The van der Waals surface area contributed by atoms with E-state index < -0.39 is 0 Å². The van der Waals surface area contributed by atoms with Crippen LogP contribution in [0.4, 0.5) is 0 Å². The van der Waals surface area contributed by atoms with E-state index in [4.69, 9.17) is 0 Å². The summed E-state index contributed by atoms with van der Waals surface area (Å²) in [5, 5.41) is 8.77. The predicted octanol–water partition coefficient (Wildman–Crippen LogP) is 2.27. The lowest BCUT2D eigenvalue weighted by molar-refractivity contribution is 0.721. The van der Waals surface area contributed by atoms with Crippen LogP contribution in [0, 0.1) is 0 Å². The lowest BCUT2D eigenvalue weighted by Gasteiger charge is -2.00. The SMILES string of the molecule is Cn1cc(-c2ccnc(C=Cc3c4c(nn3C)CCC4)n2)cn1. The number of hydrogen-bond acceptors (Lipinski definition) is 4. The summed E-state index contributed by atoms with van der Waals surface area (Å²) < 4.78 is 3.72. The number of nitrogens with zero attached hydrogens (tertiary/aromatic N) is 6. The quantitative estimate of drug-likeness (QED) is 0.745. The molecule has 0 spiro atoms. The van der Waals surface area contributed by atoms with Crippen molar-refractivity contribution < 1.29 is 0 Å². The van der Waals surface area contributed by atoms with Crippen molar-refractivity contribution in [1.82, 2.24) is 29.5 Å². The van der Waals surface area contributed by atoms with Gasteiger partial charge in [0.25, 0.3) is 0 Å². The Bertz CT molecular complexity index is 886. The normalized spacial score (nSPS) is 13.8. The number of hydrogen-bond donors (Lipinski definition) is 0. The monoisotopic (exact) mass is 306 g/mol. The minimum Gasteiger partial charge on any atom is -0.275 e. The fraction of sp³-hybridized carbons (Fsp3) is 0.294. The van der Waals surface area contributed by atoms with E-state index in [1.807, 2.05) is 43.3 Å². The van der Waals surface area contributed by atoms with Gasteiger partial charge in [0.1, 0.15) is 0 Å². The second-order valence-corrected chi connectivity index (χ2v) is 5.82. The molecule has 0 aromatic carbocycles. The van der Waals surface area contributed by atoms with E-state index in [1.54, 1.807) is 10.9 Å². The van der Waals surface area contributed by atoms with Crippen LogP contribution in [0.3, 0.4) is 0 Å². The maximum Gasteiger partial charge on any atom is 0.152 e. The molecule has 0 N–H and O–H groups in total. The molecule has 3 aromatic rings. The third-order valence-electron chi connectivity index (χ3n) is 4.18. The topological polar surface area (TPSA) is 61.4 Å². The smallest absolute Gasteiger partial charge is 0.152 e. The first-order valence-corrected chi connectivity index (χ1v) is 7.75. The molecule has 23 heavy (non-hydrogen) atoms. The maximum absolute atomic E-state index is 4.60. The Labute approximate surface area is 134 Å². The van der Waals surface area contributed by atoms with Crippen LogP contribution in [0.5, 0.6) is 0 Å². The lowest BCUT2D eigenvalue weighted by Crippen LogP contribution is -1.96. The van der Waals surface area contributed by atoms with Crippen molar-refractivity contribution in [1.29, 1.82) is 0 Å². The Morgan fingerprint density at radius 1 is 1.17 bits per heavy atom. The van der Waals surface area contributed by atoms with Crippen LogP contribution < -0.4 is 0 Å². The highest BCUT2D eigenvalue weighted by Crippen LogP contribution is 2.25. The molecule has 6 heteroatoms. The molecule has 0 fully saturated rings. The van der Waals surface area contributed by atoms with Crippen molar-refractivity contribution in [2.45, 2.75) is 19.3 Å². The molecular formula is C17H18N6. The van der Waals surface area contributed by atoms with Crippen LogP contribution >= 0.6 is 0 Å². The Morgan fingerprint density at radius 2 is 2.09 bits per heavy atom. The van der Waals surface area contributed by atoms with Crippen LogP contribution in [0.15, 0.2) is 24.7 Å². The highest BCUT2D eigenvalue weighted by Gasteiger charge is 2.19. The summed E-state index contributed by atoms with van der Waals surface area (Å²) in [5.74, 6) is 0.694. The summed E-state index contributed by atoms with van der Waals surface area (Å²) in [6.07, 6.45) is 13.0. The van der Waals surface area contributed by atoms with Crippen LogP contribution in [0.25, 0.3) is 23.4 Å². The van der Waals surface area contributed by atoms with E-state index in [2.05, 4.69) is 26.2 Å². The fourth-order valence-electron chi connectivity index (χ4n) is 3.07. The van der Waals surface area contributed by atoms with Gasteiger partial charge in [0.2, 0.25) is 0 Å². The van der Waals surface area contributed by atoms with E-state index in [1.165, 1.54) is 17.7 Å². The number of aryl methyl sites for hydroxylation is 3. The van der Waals surface area contributed by atoms with Crippen molar-refractivity contribution in [3.05, 3.63) is 47.4 Å². The minimum absolute atomic E-state index is 0.694. The molecular weight excluding hydrogens is 288 g/mol. The zero-order chi connectivity index (χ0) is 15.8. The zero-order valence-corrected chi connectivity index (χ0v) is 13.3. The van der Waals surface area contributed by atoms with Gasteiger partial charge in [-0.05, 0) is 37.5 Å². The van der Waals surface area contributed by atoms with E-state index in [9.17, 15) is 0 Å². The molecule has 0 aliphatic heterocycles. The standard InChI is InChI=1S/C17H18N6/c1-22-11-12(10-19-22)14-8-9-18-17(20-14)7-6-16-13-4-3-5-15(13)21-23(16)2/h6-11H,3-5H2,1-2H3. The highest BCUT2D eigenvalue weighted by atomic mass is 15.3. The van der Waals surface area contributed by atoms with Crippen LogP contribution in [0.2, 0.25) is 0 Å². The fourth-order valence-corrected chi connectivity index (χ4v) is 3.07. The third-order valence-corrected chi connectivity index (χ3v) is 4.18. The Morgan fingerprint density at radius 3 is 2.91 bits per heavy atom. The first kappa shape index (κ1) is 13.9. The van der Waals surface area contributed by atoms with Gasteiger partial charge < -0.3 is 0 Å². The molecule has 0 unspecified atom stereocenters.